The van der Waals surface area contributed by atoms with Gasteiger partial charge in [0.1, 0.15) is 6.04 Å². The predicted molar refractivity (Wildman–Crippen MR) is 57.5 cm³/mol. The van der Waals surface area contributed by atoms with Crippen LogP contribution in [0, 0.1) is 5.92 Å². The van der Waals surface area contributed by atoms with Crippen molar-refractivity contribution in [3.8, 4) is 0 Å². The van der Waals surface area contributed by atoms with E-state index in [4.69, 9.17) is 5.11 Å². The second-order valence-corrected chi connectivity index (χ2v) is 4.65. The summed E-state index contributed by atoms with van der Waals surface area (Å²) in [5.41, 5.74) is 0. The highest BCUT2D eigenvalue weighted by molar-refractivity contribution is 5.90. The average Bonchev–Trinajstić information content (AvgIpc) is 2.86. The largest absolute Gasteiger partial charge is 0.396 e. The van der Waals surface area contributed by atoms with E-state index in [1.807, 2.05) is 0 Å². The van der Waals surface area contributed by atoms with Crippen molar-refractivity contribution >= 4 is 11.8 Å². The number of rotatable bonds is 3. The number of aliphatic hydroxyl groups excluding tert-OH is 1. The third kappa shape index (κ3) is 2.35. The number of nitrogens with one attached hydrogen (secondary N) is 2. The van der Waals surface area contributed by atoms with Gasteiger partial charge in [-0.25, -0.2) is 0 Å². The van der Waals surface area contributed by atoms with Crippen LogP contribution >= 0.6 is 0 Å². The topological polar surface area (TPSA) is 78.4 Å². The molecule has 90 valence electrons. The van der Waals surface area contributed by atoms with Crippen LogP contribution in [0.3, 0.4) is 0 Å². The minimum absolute atomic E-state index is 0.0507. The van der Waals surface area contributed by atoms with Gasteiger partial charge in [0, 0.05) is 25.0 Å². The molecule has 1 saturated heterocycles. The number of amides is 2. The molecule has 1 aliphatic carbocycles. The molecule has 5 heteroatoms. The molecule has 5 nitrogen and oxygen atoms in total. The molecule has 2 amide bonds. The Labute approximate surface area is 94.6 Å². The Morgan fingerprint density at radius 2 is 2.25 bits per heavy atom. The Kier molecular flexibility index (Phi) is 3.43. The Morgan fingerprint density at radius 1 is 1.44 bits per heavy atom. The average molecular weight is 226 g/mol. The van der Waals surface area contributed by atoms with Crippen LogP contribution in [0.15, 0.2) is 0 Å². The van der Waals surface area contributed by atoms with Crippen LogP contribution in [-0.2, 0) is 9.59 Å². The summed E-state index contributed by atoms with van der Waals surface area (Å²) in [7, 11) is 0. The maximum absolute atomic E-state index is 11.8. The van der Waals surface area contributed by atoms with E-state index in [2.05, 4.69) is 10.6 Å². The van der Waals surface area contributed by atoms with Crippen LogP contribution < -0.4 is 10.6 Å². The quantitative estimate of drug-likeness (QED) is 0.609. The fourth-order valence-electron chi connectivity index (χ4n) is 2.54. The standard InChI is InChI=1S/C11H18N2O3/c14-6-7-2-1-3-8(7)13-11(16)9-4-5-10(15)12-9/h7-9,14H,1-6H2,(H,12,15)(H,13,16)/t7?,8?,9-/m1/s1. The lowest BCUT2D eigenvalue weighted by Crippen LogP contribution is -2.47. The number of hydrogen-bond donors (Lipinski definition) is 3. The predicted octanol–water partition coefficient (Wildman–Crippen LogP) is -0.458. The zero-order chi connectivity index (χ0) is 11.5. The van der Waals surface area contributed by atoms with Crippen molar-refractivity contribution in [2.75, 3.05) is 6.61 Å². The second-order valence-electron chi connectivity index (χ2n) is 4.65. The number of carbonyl (C=O) groups is 2. The van der Waals surface area contributed by atoms with Crippen molar-refractivity contribution in [3.63, 3.8) is 0 Å². The van der Waals surface area contributed by atoms with E-state index < -0.39 is 0 Å². The van der Waals surface area contributed by atoms with E-state index in [-0.39, 0.29) is 36.4 Å². The fraction of sp³-hybridized carbons (Fsp3) is 0.818. The SMILES string of the molecule is O=C1CC[C@H](C(=O)NC2CCCC2CO)N1. The highest BCUT2D eigenvalue weighted by Crippen LogP contribution is 2.25. The monoisotopic (exact) mass is 226 g/mol. The lowest BCUT2D eigenvalue weighted by atomic mass is 10.0. The first-order valence-electron chi connectivity index (χ1n) is 5.91. The van der Waals surface area contributed by atoms with Crippen LogP contribution in [0.2, 0.25) is 0 Å². The van der Waals surface area contributed by atoms with Gasteiger partial charge in [-0.05, 0) is 19.3 Å². The van der Waals surface area contributed by atoms with Gasteiger partial charge in [-0.2, -0.15) is 0 Å². The normalized spacial score (nSPS) is 33.8. The van der Waals surface area contributed by atoms with Crippen molar-refractivity contribution in [1.29, 1.82) is 0 Å². The van der Waals surface area contributed by atoms with E-state index >= 15 is 0 Å². The first-order valence-corrected chi connectivity index (χ1v) is 5.91. The van der Waals surface area contributed by atoms with Crippen LogP contribution in [0.5, 0.6) is 0 Å². The molecule has 0 spiro atoms. The van der Waals surface area contributed by atoms with E-state index in [9.17, 15) is 9.59 Å². The Balaban J connectivity index is 1.84. The van der Waals surface area contributed by atoms with E-state index in [0.29, 0.717) is 12.8 Å². The van der Waals surface area contributed by atoms with Gasteiger partial charge < -0.3 is 15.7 Å². The van der Waals surface area contributed by atoms with Gasteiger partial charge in [-0.15, -0.1) is 0 Å². The summed E-state index contributed by atoms with van der Waals surface area (Å²) in [4.78, 5) is 22.8. The third-order valence-electron chi connectivity index (χ3n) is 3.53. The van der Waals surface area contributed by atoms with Gasteiger partial charge in [0.2, 0.25) is 11.8 Å². The molecule has 0 aromatic heterocycles. The molecule has 2 fully saturated rings. The summed E-state index contributed by atoms with van der Waals surface area (Å²) in [5, 5.41) is 14.7. The van der Waals surface area contributed by atoms with Gasteiger partial charge in [0.25, 0.3) is 0 Å². The molecule has 0 aromatic rings. The number of hydrogen-bond acceptors (Lipinski definition) is 3. The molecule has 3 N–H and O–H groups in total. The van der Waals surface area contributed by atoms with Crippen molar-refractivity contribution in [3.05, 3.63) is 0 Å². The molecule has 1 saturated carbocycles. The third-order valence-corrected chi connectivity index (χ3v) is 3.53. The maximum Gasteiger partial charge on any atom is 0.242 e. The molecular weight excluding hydrogens is 208 g/mol. The van der Waals surface area contributed by atoms with E-state index in [1.54, 1.807) is 0 Å². The van der Waals surface area contributed by atoms with Crippen LogP contribution in [0.25, 0.3) is 0 Å². The molecule has 2 unspecified atom stereocenters. The van der Waals surface area contributed by atoms with Gasteiger partial charge in [0.15, 0.2) is 0 Å². The summed E-state index contributed by atoms with van der Waals surface area (Å²) in [6.45, 7) is 0.127. The van der Waals surface area contributed by atoms with Gasteiger partial charge in [0.05, 0.1) is 0 Å². The lowest BCUT2D eigenvalue weighted by Gasteiger charge is -2.21. The zero-order valence-corrected chi connectivity index (χ0v) is 9.24. The van der Waals surface area contributed by atoms with Gasteiger partial charge in [-0.1, -0.05) is 6.42 Å². The summed E-state index contributed by atoms with van der Waals surface area (Å²) < 4.78 is 0. The van der Waals surface area contributed by atoms with Crippen molar-refractivity contribution in [1.82, 2.24) is 10.6 Å². The lowest BCUT2D eigenvalue weighted by molar-refractivity contribution is -0.126. The molecule has 1 aliphatic heterocycles. The Morgan fingerprint density at radius 3 is 2.88 bits per heavy atom. The Hall–Kier alpha value is -1.10. The molecule has 3 atom stereocenters. The fourth-order valence-corrected chi connectivity index (χ4v) is 2.54. The van der Waals surface area contributed by atoms with Crippen LogP contribution in [-0.4, -0.2) is 35.6 Å². The van der Waals surface area contributed by atoms with Crippen molar-refractivity contribution in [2.24, 2.45) is 5.92 Å². The van der Waals surface area contributed by atoms with Crippen LogP contribution in [0.4, 0.5) is 0 Å². The molecule has 2 aliphatic rings. The van der Waals surface area contributed by atoms with Crippen molar-refractivity contribution in [2.45, 2.75) is 44.2 Å². The first kappa shape index (κ1) is 11.4. The van der Waals surface area contributed by atoms with Crippen LogP contribution in [0.1, 0.15) is 32.1 Å². The number of carbonyl (C=O) groups excluding carboxylic acids is 2. The smallest absolute Gasteiger partial charge is 0.242 e. The van der Waals surface area contributed by atoms with Gasteiger partial charge >= 0.3 is 0 Å². The minimum atomic E-state index is -0.368. The first-order chi connectivity index (χ1) is 7.70. The van der Waals surface area contributed by atoms with E-state index in [0.717, 1.165) is 19.3 Å². The van der Waals surface area contributed by atoms with E-state index in [1.165, 1.54) is 0 Å². The summed E-state index contributed by atoms with van der Waals surface area (Å²) in [6, 6.07) is -0.289. The molecule has 0 radical (unpaired) electrons. The van der Waals surface area contributed by atoms with Gasteiger partial charge in [-0.3, -0.25) is 9.59 Å². The molecule has 2 rings (SSSR count). The molecule has 0 bridgehead atoms. The number of aliphatic hydroxyl groups is 1. The summed E-state index contributed by atoms with van der Waals surface area (Å²) >= 11 is 0. The molecule has 0 aromatic carbocycles. The molecular formula is C11H18N2O3. The summed E-state index contributed by atoms with van der Waals surface area (Å²) in [6.07, 6.45) is 3.97. The molecule has 1 heterocycles. The summed E-state index contributed by atoms with van der Waals surface area (Å²) in [5.74, 6) is 0.0301. The maximum atomic E-state index is 11.8. The zero-order valence-electron chi connectivity index (χ0n) is 9.24. The van der Waals surface area contributed by atoms with Crippen molar-refractivity contribution < 1.29 is 14.7 Å². The Bertz CT molecular complexity index is 293. The highest BCUT2D eigenvalue weighted by atomic mass is 16.3. The highest BCUT2D eigenvalue weighted by Gasteiger charge is 2.32. The second kappa shape index (κ2) is 4.82. The minimum Gasteiger partial charge on any atom is -0.396 e. The molecule has 16 heavy (non-hydrogen) atoms.